The minimum atomic E-state index is 0. The number of nitrogens with one attached hydrogen (secondary N) is 1. The summed E-state index contributed by atoms with van der Waals surface area (Å²) in [6, 6.07) is 59.9. The van der Waals surface area contributed by atoms with E-state index in [0.717, 1.165) is 22.3 Å². The highest BCUT2D eigenvalue weighted by molar-refractivity contribution is 9.11. The molecule has 0 radical (unpaired) electrons. The minimum absolute atomic E-state index is 0. The first-order chi connectivity index (χ1) is 29.5. The van der Waals surface area contributed by atoms with E-state index in [-0.39, 0.29) is 13.5 Å². The van der Waals surface area contributed by atoms with Gasteiger partial charge in [0.05, 0.1) is 16.7 Å². The van der Waals surface area contributed by atoms with E-state index in [1.165, 1.54) is 89.6 Å². The molecule has 4 aromatic heterocycles. The van der Waals surface area contributed by atoms with Gasteiger partial charge in [-0.15, -0.1) is 22.7 Å². The Bertz CT molecular complexity index is 3370. The van der Waals surface area contributed by atoms with Crippen LogP contribution >= 0.6 is 84.0 Å². The maximum absolute atomic E-state index is 4.12. The maximum atomic E-state index is 4.12. The zero-order valence-electron chi connectivity index (χ0n) is 31.6. The van der Waals surface area contributed by atoms with Crippen molar-refractivity contribution in [1.29, 1.82) is 0 Å². The van der Waals surface area contributed by atoms with E-state index in [1.54, 1.807) is 0 Å². The molecule has 0 bridgehead atoms. The van der Waals surface area contributed by atoms with Gasteiger partial charge in [0.15, 0.2) is 0 Å². The molecule has 13 heteroatoms. The van der Waals surface area contributed by atoms with Crippen molar-refractivity contribution < 1.29 is 0 Å². The highest BCUT2D eigenvalue weighted by atomic mass is 79.9. The molecule has 0 fully saturated rings. The summed E-state index contributed by atoms with van der Waals surface area (Å²) in [6.45, 7) is 0. The van der Waals surface area contributed by atoms with Crippen LogP contribution in [0.4, 0.5) is 0 Å². The predicted octanol–water partition coefficient (Wildman–Crippen LogP) is 16.9. The van der Waals surface area contributed by atoms with E-state index in [9.17, 15) is 0 Å². The van der Waals surface area contributed by atoms with Crippen molar-refractivity contribution in [3.8, 4) is 5.69 Å². The van der Waals surface area contributed by atoms with Crippen LogP contribution in [0.5, 0.6) is 0 Å². The van der Waals surface area contributed by atoms with E-state index in [1.807, 2.05) is 22.7 Å². The van der Waals surface area contributed by atoms with Crippen LogP contribution in [-0.4, -0.2) is 9.55 Å². The molecule has 0 unspecified atom stereocenters. The number of para-hydroxylation sites is 4. The molecule has 4 heterocycles. The third kappa shape index (κ3) is 9.08. The number of benzene rings is 8. The Balaban J connectivity index is 0.000000140. The van der Waals surface area contributed by atoms with Crippen LogP contribution in [0.3, 0.4) is 0 Å². The first kappa shape index (κ1) is 45.7. The van der Waals surface area contributed by atoms with Gasteiger partial charge in [-0.25, -0.2) is 0 Å². The van der Waals surface area contributed by atoms with Gasteiger partial charge >= 0.3 is 0 Å². The van der Waals surface area contributed by atoms with Gasteiger partial charge in [0.25, 0.3) is 0 Å². The fraction of sp³-hybridized carbons (Fsp3) is 0. The number of fused-ring (bicyclic) bond motifs is 12. The van der Waals surface area contributed by atoms with Crippen LogP contribution in [0.1, 0.15) is 0 Å². The molecule has 8 aromatic carbocycles. The molecule has 0 atom stereocenters. The van der Waals surface area contributed by atoms with E-state index >= 15 is 0 Å². The smallest absolute Gasteiger partial charge is 0.0555 e. The standard InChI is InChI=1S/C24H14BrNS.C12H6Br2S.C12H9N.S3.S2.H2S/c25-17-9-5-13-21-23(17)24-20(12-6-14-22(24)27-21)26-18-10-3-1-7-15(18)16-8-2-4-11-19(16)26;13-7-3-1-5-9-11(7)12-8(14)4-2-6-10(12)15-9;1-3-7-11-9(5-1)10-6-2-4-8-12(10)13-11;1-3-2;1-2;/h1-14H;1-6H;1-8,13H;;;1H2. The Morgan fingerprint density at radius 3 is 1.16 bits per heavy atom. The molecule has 61 heavy (non-hydrogen) atoms. The van der Waals surface area contributed by atoms with Crippen molar-refractivity contribution in [3.05, 3.63) is 183 Å². The van der Waals surface area contributed by atoms with Crippen LogP contribution in [0.15, 0.2) is 183 Å². The second-order valence-electron chi connectivity index (χ2n) is 13.3. The highest BCUT2D eigenvalue weighted by Crippen LogP contribution is 2.44. The molecular formula is C48H31Br3N2S8. The number of H-pyrrole nitrogens is 1. The summed E-state index contributed by atoms with van der Waals surface area (Å²) < 4.78 is 11.2. The van der Waals surface area contributed by atoms with Gasteiger partial charge in [-0.1, -0.05) is 145 Å². The number of halogens is 3. The van der Waals surface area contributed by atoms with E-state index in [4.69, 9.17) is 0 Å². The number of aromatic amines is 1. The summed E-state index contributed by atoms with van der Waals surface area (Å²) in [4.78, 5) is 3.38. The first-order valence-corrected chi connectivity index (χ1v) is 26.4. The Kier molecular flexibility index (Phi) is 15.7. The average molecular weight is 1130 g/mol. The summed E-state index contributed by atoms with van der Waals surface area (Å²) in [5, 5.41) is 10.4. The van der Waals surface area contributed by atoms with Gasteiger partial charge in [0, 0.05) is 140 Å². The van der Waals surface area contributed by atoms with Crippen LogP contribution in [0.2, 0.25) is 0 Å². The van der Waals surface area contributed by atoms with Gasteiger partial charge in [-0.2, -0.15) is 13.5 Å². The Labute approximate surface area is 415 Å². The second-order valence-corrected chi connectivity index (χ2v) is 19.8. The Morgan fingerprint density at radius 2 is 0.738 bits per heavy atom. The average Bonchev–Trinajstić information content (AvgIpc) is 4.05. The van der Waals surface area contributed by atoms with Crippen molar-refractivity contribution >= 4 is 222 Å². The van der Waals surface area contributed by atoms with Crippen LogP contribution in [-0.2, 0) is 53.6 Å². The lowest BCUT2D eigenvalue weighted by Crippen LogP contribution is -1.94. The van der Waals surface area contributed by atoms with Gasteiger partial charge in [0.2, 0.25) is 0 Å². The molecule has 0 saturated carbocycles. The number of hydrogen-bond donors (Lipinski definition) is 1. The van der Waals surface area contributed by atoms with Crippen LogP contribution in [0, 0.1) is 0 Å². The quantitative estimate of drug-likeness (QED) is 0.177. The summed E-state index contributed by atoms with van der Waals surface area (Å²) in [7, 11) is 0.917. The monoisotopic (exact) mass is 1130 g/mol. The molecule has 0 aliphatic heterocycles. The van der Waals surface area contributed by atoms with Crippen LogP contribution in [0.25, 0.3) is 89.6 Å². The van der Waals surface area contributed by atoms with Crippen molar-refractivity contribution in [2.75, 3.05) is 0 Å². The molecule has 0 amide bonds. The van der Waals surface area contributed by atoms with Crippen molar-refractivity contribution in [2.45, 2.75) is 0 Å². The number of rotatable bonds is 1. The lowest BCUT2D eigenvalue weighted by Gasteiger charge is -2.10. The second kappa shape index (κ2) is 20.9. The lowest BCUT2D eigenvalue weighted by atomic mass is 10.1. The molecule has 302 valence electrons. The van der Waals surface area contributed by atoms with Gasteiger partial charge in [0.1, 0.15) is 0 Å². The Morgan fingerprint density at radius 1 is 0.410 bits per heavy atom. The zero-order valence-corrected chi connectivity index (χ0v) is 43.1. The van der Waals surface area contributed by atoms with Crippen LogP contribution < -0.4 is 0 Å². The van der Waals surface area contributed by atoms with Crippen molar-refractivity contribution in [2.24, 2.45) is 0 Å². The summed E-state index contributed by atoms with van der Waals surface area (Å²) >= 11 is 30.3. The molecule has 0 saturated heterocycles. The molecular weight excluding hydrogens is 1100 g/mol. The van der Waals surface area contributed by atoms with E-state index in [2.05, 4.69) is 272 Å². The fourth-order valence-electron chi connectivity index (χ4n) is 7.76. The summed E-state index contributed by atoms with van der Waals surface area (Å²) in [5.74, 6) is 0. The summed E-state index contributed by atoms with van der Waals surface area (Å²) in [5.41, 5.74) is 6.16. The molecule has 12 rings (SSSR count). The molecule has 1 N–H and O–H groups in total. The predicted molar refractivity (Wildman–Crippen MR) is 299 cm³/mol. The molecule has 0 aliphatic carbocycles. The largest absolute Gasteiger partial charge is 0.355 e. The van der Waals surface area contributed by atoms with Gasteiger partial charge in [-0.05, 0) is 72.8 Å². The maximum Gasteiger partial charge on any atom is 0.0555 e. The third-order valence-corrected chi connectivity index (χ3v) is 14.3. The molecule has 2 nitrogen and oxygen atoms in total. The lowest BCUT2D eigenvalue weighted by molar-refractivity contribution is 1.20. The minimum Gasteiger partial charge on any atom is -0.355 e. The van der Waals surface area contributed by atoms with Gasteiger partial charge in [-0.3, -0.25) is 0 Å². The van der Waals surface area contributed by atoms with Gasteiger partial charge < -0.3 is 9.55 Å². The SMILES string of the molecule is Brc1cccc2sc3cccc(-n4c5ccccc5c5ccccc54)c3c12.Brc1cccc2sc3cccc(Br)c3c12.S.S=S.S=S=S.c1ccc2c(c1)[nH]c1ccccc12. The van der Waals surface area contributed by atoms with Crippen molar-refractivity contribution in [1.82, 2.24) is 9.55 Å². The topological polar surface area (TPSA) is 20.7 Å². The highest BCUT2D eigenvalue weighted by Gasteiger charge is 2.17. The fourth-order valence-corrected chi connectivity index (χ4v) is 12.2. The molecule has 12 aromatic rings. The van der Waals surface area contributed by atoms with E-state index < -0.39 is 0 Å². The first-order valence-electron chi connectivity index (χ1n) is 18.3. The normalized spacial score (nSPS) is 10.7. The molecule has 0 aliphatic rings. The molecule has 0 spiro atoms. The summed E-state index contributed by atoms with van der Waals surface area (Å²) in [6.07, 6.45) is 0. The third-order valence-electron chi connectivity index (χ3n) is 10.1. The van der Waals surface area contributed by atoms with E-state index in [0.29, 0.717) is 0 Å². The van der Waals surface area contributed by atoms with Crippen molar-refractivity contribution in [3.63, 3.8) is 0 Å². The number of hydrogen-bond acceptors (Lipinski definition) is 6. The number of aromatic nitrogens is 2. The Hall–Kier alpha value is -3.31. The number of nitrogens with zero attached hydrogens (tertiary/aromatic N) is 1. The zero-order chi connectivity index (χ0) is 41.8. The number of thiophene rings is 2.